The van der Waals surface area contributed by atoms with Crippen LogP contribution in [0.25, 0.3) is 76.9 Å². The van der Waals surface area contributed by atoms with E-state index in [1.165, 1.54) is 49.4 Å². The predicted octanol–water partition coefficient (Wildman–Crippen LogP) is 14.4. The SMILES string of the molecule is c1ccc(-c2ccc(N(c3ccc(-c4ccc5ccccc5c4)cc3)c3cccc(-c4cccc5ccc6oc7ccccc7c6c45)c3)cc2)cc1. The number of fused-ring (bicyclic) bond motifs is 6. The summed E-state index contributed by atoms with van der Waals surface area (Å²) in [4.78, 5) is 2.36. The van der Waals surface area contributed by atoms with E-state index in [9.17, 15) is 0 Å². The van der Waals surface area contributed by atoms with Gasteiger partial charge in [0, 0.05) is 33.2 Å². The highest BCUT2D eigenvalue weighted by Crippen LogP contribution is 2.42. The van der Waals surface area contributed by atoms with Gasteiger partial charge in [-0.1, -0.05) is 146 Å². The molecule has 0 aliphatic rings. The van der Waals surface area contributed by atoms with Crippen LogP contribution in [0.2, 0.25) is 0 Å². The number of rotatable bonds is 6. The molecule has 0 atom stereocenters. The Bertz CT molecular complexity index is 2890. The van der Waals surface area contributed by atoms with Crippen LogP contribution in [0.1, 0.15) is 0 Å². The third kappa shape index (κ3) is 5.21. The van der Waals surface area contributed by atoms with Gasteiger partial charge < -0.3 is 9.32 Å². The minimum atomic E-state index is 0.906. The van der Waals surface area contributed by atoms with E-state index >= 15 is 0 Å². The van der Waals surface area contributed by atoms with E-state index in [1.54, 1.807) is 0 Å². The molecule has 1 aromatic heterocycles. The molecule has 0 unspecified atom stereocenters. The van der Waals surface area contributed by atoms with E-state index in [1.807, 2.05) is 6.07 Å². The van der Waals surface area contributed by atoms with Crippen molar-refractivity contribution in [3.8, 4) is 33.4 Å². The van der Waals surface area contributed by atoms with E-state index in [0.29, 0.717) is 0 Å². The van der Waals surface area contributed by atoms with Crippen molar-refractivity contribution in [2.24, 2.45) is 0 Å². The Morgan fingerprint density at radius 1 is 0.308 bits per heavy atom. The zero-order valence-corrected chi connectivity index (χ0v) is 28.4. The fourth-order valence-corrected chi connectivity index (χ4v) is 7.70. The summed E-state index contributed by atoms with van der Waals surface area (Å²) >= 11 is 0. The number of furan rings is 1. The molecular weight excluding hydrogens is 631 g/mol. The van der Waals surface area contributed by atoms with Gasteiger partial charge in [0.05, 0.1) is 0 Å². The molecule has 0 amide bonds. The lowest BCUT2D eigenvalue weighted by Crippen LogP contribution is -2.10. The summed E-state index contributed by atoms with van der Waals surface area (Å²) in [5.74, 6) is 0. The van der Waals surface area contributed by atoms with Crippen molar-refractivity contribution in [3.63, 3.8) is 0 Å². The number of para-hydroxylation sites is 1. The first kappa shape index (κ1) is 30.0. The van der Waals surface area contributed by atoms with Gasteiger partial charge in [0.15, 0.2) is 0 Å². The molecule has 0 N–H and O–H groups in total. The van der Waals surface area contributed by atoms with Crippen LogP contribution in [0.5, 0.6) is 0 Å². The van der Waals surface area contributed by atoms with Crippen LogP contribution in [0, 0.1) is 0 Å². The Kier molecular flexibility index (Phi) is 7.18. The summed E-state index contributed by atoms with van der Waals surface area (Å²) in [6.45, 7) is 0. The molecule has 0 bridgehead atoms. The Balaban J connectivity index is 1.11. The molecule has 52 heavy (non-hydrogen) atoms. The third-order valence-electron chi connectivity index (χ3n) is 10.2. The zero-order valence-electron chi connectivity index (χ0n) is 28.4. The third-order valence-corrected chi connectivity index (χ3v) is 10.2. The van der Waals surface area contributed by atoms with Gasteiger partial charge in [0.2, 0.25) is 0 Å². The van der Waals surface area contributed by atoms with E-state index in [-0.39, 0.29) is 0 Å². The van der Waals surface area contributed by atoms with Crippen LogP contribution in [0.15, 0.2) is 205 Å². The van der Waals surface area contributed by atoms with E-state index in [4.69, 9.17) is 4.42 Å². The van der Waals surface area contributed by atoms with Gasteiger partial charge in [0.1, 0.15) is 11.2 Å². The van der Waals surface area contributed by atoms with Crippen LogP contribution < -0.4 is 4.90 Å². The summed E-state index contributed by atoms with van der Waals surface area (Å²) in [5, 5.41) is 7.20. The first-order valence-electron chi connectivity index (χ1n) is 17.8. The van der Waals surface area contributed by atoms with Crippen molar-refractivity contribution in [1.29, 1.82) is 0 Å². The monoisotopic (exact) mass is 663 g/mol. The molecule has 0 spiro atoms. The normalized spacial score (nSPS) is 11.5. The quantitative estimate of drug-likeness (QED) is 0.176. The molecule has 10 aromatic rings. The van der Waals surface area contributed by atoms with Gasteiger partial charge in [-0.2, -0.15) is 0 Å². The average Bonchev–Trinajstić information content (AvgIpc) is 3.61. The average molecular weight is 664 g/mol. The van der Waals surface area contributed by atoms with Crippen LogP contribution in [-0.4, -0.2) is 0 Å². The highest BCUT2D eigenvalue weighted by Gasteiger charge is 2.17. The van der Waals surface area contributed by atoms with Crippen molar-refractivity contribution in [3.05, 3.63) is 200 Å². The molecule has 0 fully saturated rings. The fourth-order valence-electron chi connectivity index (χ4n) is 7.70. The van der Waals surface area contributed by atoms with Crippen LogP contribution in [0.4, 0.5) is 17.1 Å². The maximum atomic E-state index is 6.32. The molecule has 1 heterocycles. The Hall–Kier alpha value is -6.90. The standard InChI is InChI=1S/C50H33NO/c1-2-10-34(11-3-1)36-22-27-42(28-23-36)51(43-29-24-37(25-30-43)40-21-20-35-12-4-5-13-39(35)32-40)44-16-8-15-41(33-44)45-18-9-14-38-26-31-48-50(49(38)45)46-17-6-7-19-47(46)52-48/h1-33H. The second-order valence-electron chi connectivity index (χ2n) is 13.3. The van der Waals surface area contributed by atoms with Gasteiger partial charge >= 0.3 is 0 Å². The van der Waals surface area contributed by atoms with Gasteiger partial charge in [0.25, 0.3) is 0 Å². The van der Waals surface area contributed by atoms with E-state index < -0.39 is 0 Å². The van der Waals surface area contributed by atoms with Crippen LogP contribution >= 0.6 is 0 Å². The first-order chi connectivity index (χ1) is 25.8. The zero-order chi connectivity index (χ0) is 34.4. The number of hydrogen-bond donors (Lipinski definition) is 0. The minimum absolute atomic E-state index is 0.906. The van der Waals surface area contributed by atoms with Gasteiger partial charge in [-0.25, -0.2) is 0 Å². The molecule has 10 rings (SSSR count). The number of anilines is 3. The maximum Gasteiger partial charge on any atom is 0.136 e. The van der Waals surface area contributed by atoms with Crippen molar-refractivity contribution in [2.45, 2.75) is 0 Å². The number of benzene rings is 9. The van der Waals surface area contributed by atoms with E-state index in [0.717, 1.165) is 44.6 Å². The molecule has 0 saturated carbocycles. The minimum Gasteiger partial charge on any atom is -0.456 e. The fraction of sp³-hybridized carbons (Fsp3) is 0. The number of hydrogen-bond acceptors (Lipinski definition) is 2. The molecule has 0 aliphatic heterocycles. The predicted molar refractivity (Wildman–Crippen MR) is 220 cm³/mol. The summed E-state index contributed by atoms with van der Waals surface area (Å²) < 4.78 is 6.32. The van der Waals surface area contributed by atoms with Crippen LogP contribution in [0.3, 0.4) is 0 Å². The smallest absolute Gasteiger partial charge is 0.136 e. The second kappa shape index (κ2) is 12.5. The lowest BCUT2D eigenvalue weighted by atomic mass is 9.94. The van der Waals surface area contributed by atoms with E-state index in [2.05, 4.69) is 199 Å². The summed E-state index contributed by atoms with van der Waals surface area (Å²) in [6, 6.07) is 71.7. The summed E-state index contributed by atoms with van der Waals surface area (Å²) in [7, 11) is 0. The van der Waals surface area contributed by atoms with Gasteiger partial charge in [-0.05, 0) is 104 Å². The molecule has 9 aromatic carbocycles. The Labute approximate surface area is 302 Å². The largest absolute Gasteiger partial charge is 0.456 e. The molecule has 0 aliphatic carbocycles. The summed E-state index contributed by atoms with van der Waals surface area (Å²) in [5.41, 5.74) is 12.2. The topological polar surface area (TPSA) is 16.4 Å². The highest BCUT2D eigenvalue weighted by atomic mass is 16.3. The van der Waals surface area contributed by atoms with Gasteiger partial charge in [-0.3, -0.25) is 0 Å². The molecule has 244 valence electrons. The first-order valence-corrected chi connectivity index (χ1v) is 17.8. The molecular formula is C50H33NO. The second-order valence-corrected chi connectivity index (χ2v) is 13.3. The molecule has 2 heteroatoms. The number of nitrogens with zero attached hydrogens (tertiary/aromatic N) is 1. The van der Waals surface area contributed by atoms with Gasteiger partial charge in [-0.15, -0.1) is 0 Å². The lowest BCUT2D eigenvalue weighted by Gasteiger charge is -2.26. The Morgan fingerprint density at radius 2 is 0.904 bits per heavy atom. The van der Waals surface area contributed by atoms with Crippen molar-refractivity contribution >= 4 is 60.5 Å². The lowest BCUT2D eigenvalue weighted by molar-refractivity contribution is 0.669. The molecule has 0 radical (unpaired) electrons. The van der Waals surface area contributed by atoms with Crippen molar-refractivity contribution in [1.82, 2.24) is 0 Å². The summed E-state index contributed by atoms with van der Waals surface area (Å²) in [6.07, 6.45) is 0. The molecule has 2 nitrogen and oxygen atoms in total. The highest BCUT2D eigenvalue weighted by molar-refractivity contribution is 6.22. The Morgan fingerprint density at radius 3 is 1.71 bits per heavy atom. The van der Waals surface area contributed by atoms with Crippen molar-refractivity contribution < 1.29 is 4.42 Å². The van der Waals surface area contributed by atoms with Crippen LogP contribution in [-0.2, 0) is 0 Å². The molecule has 0 saturated heterocycles. The van der Waals surface area contributed by atoms with Crippen molar-refractivity contribution in [2.75, 3.05) is 4.90 Å². The maximum absolute atomic E-state index is 6.32.